The lowest BCUT2D eigenvalue weighted by Crippen LogP contribution is -2.36. The topological polar surface area (TPSA) is 35.5 Å². The quantitative estimate of drug-likeness (QED) is 0.475. The molecular weight excluding hydrogens is 372 g/mol. The number of hydrogen-bond acceptors (Lipinski definition) is 3. The Morgan fingerprint density at radius 3 is 1.23 bits per heavy atom. The molecule has 0 saturated heterocycles. The van der Waals surface area contributed by atoms with Crippen LogP contribution in [0.15, 0.2) is 0 Å². The molecule has 3 aliphatic carbocycles. The smallest absolute Gasteiger partial charge is 0.141 e. The Bertz CT molecular complexity index is 531. The van der Waals surface area contributed by atoms with Gasteiger partial charge in [0.1, 0.15) is 5.78 Å². The lowest BCUT2D eigenvalue weighted by Gasteiger charge is -2.39. The maximum absolute atomic E-state index is 12.5. The van der Waals surface area contributed by atoms with Crippen LogP contribution in [0.25, 0.3) is 0 Å². The molecule has 0 aromatic heterocycles. The van der Waals surface area contributed by atoms with Gasteiger partial charge in [0.2, 0.25) is 0 Å². The lowest BCUT2D eigenvalue weighted by atomic mass is 9.72. The fraction of sp³-hybridized carbons (Fsp3) is 0.963. The van der Waals surface area contributed by atoms with Gasteiger partial charge in [-0.2, -0.15) is 0 Å². The largest absolute Gasteiger partial charge is 0.375 e. The van der Waals surface area contributed by atoms with Gasteiger partial charge in [-0.15, -0.1) is 0 Å². The predicted molar refractivity (Wildman–Crippen MR) is 124 cm³/mol. The van der Waals surface area contributed by atoms with Crippen LogP contribution in [-0.4, -0.2) is 30.2 Å². The van der Waals surface area contributed by atoms with E-state index in [-0.39, 0.29) is 11.3 Å². The summed E-state index contributed by atoms with van der Waals surface area (Å²) in [6, 6.07) is 0. The minimum absolute atomic E-state index is 0.206. The summed E-state index contributed by atoms with van der Waals surface area (Å²) >= 11 is 0. The number of Topliss-reactive ketones (excluding diaryl/α,β-unsaturated/α-hetero) is 1. The number of ketones is 1. The maximum atomic E-state index is 12.5. The molecule has 0 heterocycles. The van der Waals surface area contributed by atoms with E-state index in [0.717, 1.165) is 57.3 Å². The van der Waals surface area contributed by atoms with Crippen LogP contribution in [0.1, 0.15) is 119 Å². The molecule has 0 spiro atoms. The van der Waals surface area contributed by atoms with Crippen LogP contribution in [0.3, 0.4) is 0 Å². The minimum Gasteiger partial charge on any atom is -0.375 e. The highest BCUT2D eigenvalue weighted by atomic mass is 16.5. The molecule has 3 aliphatic rings. The third-order valence-corrected chi connectivity index (χ3v) is 8.07. The van der Waals surface area contributed by atoms with E-state index in [1.165, 1.54) is 25.7 Å². The summed E-state index contributed by atoms with van der Waals surface area (Å²) < 4.78 is 13.0. The summed E-state index contributed by atoms with van der Waals surface area (Å²) in [7, 11) is 0. The van der Waals surface area contributed by atoms with Gasteiger partial charge in [-0.25, -0.2) is 0 Å². The molecule has 0 aliphatic heterocycles. The zero-order valence-electron chi connectivity index (χ0n) is 20.7. The normalized spacial score (nSPS) is 36.5. The molecule has 3 heteroatoms. The van der Waals surface area contributed by atoms with Crippen LogP contribution in [0, 0.1) is 22.7 Å². The molecule has 0 N–H and O–H groups in total. The van der Waals surface area contributed by atoms with Crippen LogP contribution in [0.4, 0.5) is 0 Å². The van der Waals surface area contributed by atoms with Crippen LogP contribution in [0.2, 0.25) is 0 Å². The van der Waals surface area contributed by atoms with Gasteiger partial charge >= 0.3 is 0 Å². The molecule has 0 atom stereocenters. The monoisotopic (exact) mass is 420 g/mol. The molecular formula is C27H48O3. The predicted octanol–water partition coefficient (Wildman–Crippen LogP) is 7.11. The van der Waals surface area contributed by atoms with Crippen LogP contribution >= 0.6 is 0 Å². The first-order valence-corrected chi connectivity index (χ1v) is 12.9. The third kappa shape index (κ3) is 6.79. The lowest BCUT2D eigenvalue weighted by molar-refractivity contribution is -0.133. The van der Waals surface area contributed by atoms with Gasteiger partial charge in [-0.1, -0.05) is 41.5 Å². The Morgan fingerprint density at radius 1 is 0.567 bits per heavy atom. The van der Waals surface area contributed by atoms with Gasteiger partial charge in [0.05, 0.1) is 24.4 Å². The molecule has 3 nitrogen and oxygen atoms in total. The van der Waals surface area contributed by atoms with Crippen molar-refractivity contribution in [3.05, 3.63) is 0 Å². The number of carbonyl (C=O) groups is 1. The van der Waals surface area contributed by atoms with E-state index >= 15 is 0 Å². The standard InChI is InChI=1S/C27H48O3/c1-26(2,3)20-9-13-22(14-10-20)30-24-17-15-23(16-18-24)29-21-11-7-19(8-12-21)25(28)27(4,5)6/h19-24H,7-18H2,1-6H3. The molecule has 3 saturated carbocycles. The van der Waals surface area contributed by atoms with Crippen molar-refractivity contribution in [1.82, 2.24) is 0 Å². The number of ether oxygens (including phenoxy) is 2. The highest BCUT2D eigenvalue weighted by Crippen LogP contribution is 2.40. The second kappa shape index (κ2) is 10.0. The van der Waals surface area contributed by atoms with Crippen molar-refractivity contribution in [2.24, 2.45) is 22.7 Å². The van der Waals surface area contributed by atoms with E-state index in [0.29, 0.717) is 35.6 Å². The Balaban J connectivity index is 1.32. The molecule has 3 fully saturated rings. The van der Waals surface area contributed by atoms with Crippen molar-refractivity contribution in [3.63, 3.8) is 0 Å². The summed E-state index contributed by atoms with van der Waals surface area (Å²) in [4.78, 5) is 12.5. The van der Waals surface area contributed by atoms with Crippen molar-refractivity contribution in [2.45, 2.75) is 143 Å². The second-order valence-corrected chi connectivity index (χ2v) is 12.6. The molecule has 0 aromatic rings. The van der Waals surface area contributed by atoms with Gasteiger partial charge in [-0.05, 0) is 88.4 Å². The fourth-order valence-electron chi connectivity index (χ4n) is 5.99. The van der Waals surface area contributed by atoms with E-state index < -0.39 is 0 Å². The van der Waals surface area contributed by atoms with Crippen molar-refractivity contribution >= 4 is 5.78 Å². The second-order valence-electron chi connectivity index (χ2n) is 12.6. The molecule has 174 valence electrons. The van der Waals surface area contributed by atoms with E-state index in [1.54, 1.807) is 0 Å². The highest BCUT2D eigenvalue weighted by molar-refractivity contribution is 5.86. The van der Waals surface area contributed by atoms with Crippen molar-refractivity contribution in [3.8, 4) is 0 Å². The van der Waals surface area contributed by atoms with Gasteiger partial charge < -0.3 is 9.47 Å². The van der Waals surface area contributed by atoms with Gasteiger partial charge in [0.25, 0.3) is 0 Å². The van der Waals surface area contributed by atoms with Gasteiger partial charge in [0, 0.05) is 11.3 Å². The van der Waals surface area contributed by atoms with E-state index in [4.69, 9.17) is 9.47 Å². The minimum atomic E-state index is -0.206. The number of carbonyl (C=O) groups excluding carboxylic acids is 1. The molecule has 30 heavy (non-hydrogen) atoms. The highest BCUT2D eigenvalue weighted by Gasteiger charge is 2.35. The Kier molecular flexibility index (Phi) is 8.10. The number of rotatable bonds is 5. The Morgan fingerprint density at radius 2 is 0.900 bits per heavy atom. The summed E-state index contributed by atoms with van der Waals surface area (Å²) in [5.74, 6) is 1.55. The molecule has 0 amide bonds. The van der Waals surface area contributed by atoms with Crippen molar-refractivity contribution < 1.29 is 14.3 Å². The number of hydrogen-bond donors (Lipinski definition) is 0. The summed E-state index contributed by atoms with van der Waals surface area (Å²) in [6.45, 7) is 13.3. The average molecular weight is 421 g/mol. The van der Waals surface area contributed by atoms with Crippen LogP contribution in [-0.2, 0) is 14.3 Å². The summed E-state index contributed by atoms with van der Waals surface area (Å²) in [5.41, 5.74) is 0.238. The third-order valence-electron chi connectivity index (χ3n) is 8.07. The van der Waals surface area contributed by atoms with Crippen LogP contribution in [0.5, 0.6) is 0 Å². The molecule has 3 rings (SSSR count). The van der Waals surface area contributed by atoms with Crippen LogP contribution < -0.4 is 0 Å². The molecule has 0 radical (unpaired) electrons. The van der Waals surface area contributed by atoms with Crippen molar-refractivity contribution in [1.29, 1.82) is 0 Å². The molecule has 0 bridgehead atoms. The fourth-order valence-corrected chi connectivity index (χ4v) is 5.99. The van der Waals surface area contributed by atoms with E-state index in [9.17, 15) is 4.79 Å². The van der Waals surface area contributed by atoms with E-state index in [2.05, 4.69) is 41.5 Å². The Labute approximate surface area is 186 Å². The SMILES string of the molecule is CC(C)(C)C(=O)C1CCC(OC2CCC(OC3CCC(C(C)(C)C)CC3)CC2)CC1. The Hall–Kier alpha value is -0.410. The maximum Gasteiger partial charge on any atom is 0.141 e. The van der Waals surface area contributed by atoms with Crippen molar-refractivity contribution in [2.75, 3.05) is 0 Å². The molecule has 0 unspecified atom stereocenters. The van der Waals surface area contributed by atoms with Gasteiger partial charge in [-0.3, -0.25) is 4.79 Å². The van der Waals surface area contributed by atoms with Gasteiger partial charge in [0.15, 0.2) is 0 Å². The summed E-state index contributed by atoms with van der Waals surface area (Å²) in [6.07, 6.45) is 15.6. The average Bonchev–Trinajstić information content (AvgIpc) is 2.68. The summed E-state index contributed by atoms with van der Waals surface area (Å²) in [5, 5.41) is 0. The first-order chi connectivity index (χ1) is 14.0. The first-order valence-electron chi connectivity index (χ1n) is 12.9. The zero-order chi connectivity index (χ0) is 21.9. The zero-order valence-corrected chi connectivity index (χ0v) is 20.7. The molecule has 0 aromatic carbocycles. The van der Waals surface area contributed by atoms with E-state index in [1.807, 2.05) is 0 Å². The first kappa shape index (κ1) is 24.2.